The molecular weight excluding hydrogens is 214 g/mol. The van der Waals surface area contributed by atoms with Crippen LogP contribution >= 0.6 is 0 Å². The molecule has 0 radical (unpaired) electrons. The van der Waals surface area contributed by atoms with Gasteiger partial charge in [-0.25, -0.2) is 0 Å². The molecule has 1 heterocycles. The summed E-state index contributed by atoms with van der Waals surface area (Å²) in [5.74, 6) is 0.845. The van der Waals surface area contributed by atoms with Crippen molar-refractivity contribution < 1.29 is 4.74 Å². The minimum Gasteiger partial charge on any atom is -0.383 e. The first-order chi connectivity index (χ1) is 8.29. The molecule has 0 bridgehead atoms. The fourth-order valence-corrected chi connectivity index (χ4v) is 1.57. The number of rotatable bonds is 5. The van der Waals surface area contributed by atoms with Gasteiger partial charge < -0.3 is 10.1 Å². The van der Waals surface area contributed by atoms with Gasteiger partial charge in [0.15, 0.2) is 0 Å². The van der Waals surface area contributed by atoms with Gasteiger partial charge >= 0.3 is 0 Å². The van der Waals surface area contributed by atoms with Gasteiger partial charge in [-0.2, -0.15) is 5.10 Å². The highest BCUT2D eigenvalue weighted by molar-refractivity contribution is 5.62. The number of hydrogen-bond donors (Lipinski definition) is 2. The van der Waals surface area contributed by atoms with E-state index >= 15 is 0 Å². The number of aromatic amines is 1. The number of hydrogen-bond acceptors (Lipinski definition) is 3. The summed E-state index contributed by atoms with van der Waals surface area (Å²) in [6.07, 6.45) is 0. The van der Waals surface area contributed by atoms with Gasteiger partial charge in [-0.15, -0.1) is 0 Å². The normalized spacial score (nSPS) is 10.5. The van der Waals surface area contributed by atoms with Crippen LogP contribution in [0.25, 0.3) is 11.3 Å². The third kappa shape index (κ3) is 3.07. The van der Waals surface area contributed by atoms with Gasteiger partial charge in [0.1, 0.15) is 5.82 Å². The fraction of sp³-hybridized carbons (Fsp3) is 0.308. The van der Waals surface area contributed by atoms with Crippen molar-refractivity contribution in [1.82, 2.24) is 10.2 Å². The van der Waals surface area contributed by atoms with E-state index < -0.39 is 0 Å². The average molecular weight is 231 g/mol. The number of ether oxygens (including phenoxy) is 1. The van der Waals surface area contributed by atoms with Gasteiger partial charge in [0.05, 0.1) is 12.3 Å². The zero-order valence-electron chi connectivity index (χ0n) is 10.2. The van der Waals surface area contributed by atoms with Crippen LogP contribution in [0.5, 0.6) is 0 Å². The Labute approximate surface area is 101 Å². The van der Waals surface area contributed by atoms with Crippen LogP contribution in [0, 0.1) is 6.92 Å². The fourth-order valence-electron chi connectivity index (χ4n) is 1.57. The zero-order chi connectivity index (χ0) is 12.1. The third-order valence-corrected chi connectivity index (χ3v) is 2.55. The Morgan fingerprint density at radius 1 is 1.29 bits per heavy atom. The molecule has 0 spiro atoms. The maximum Gasteiger partial charge on any atom is 0.148 e. The molecule has 0 saturated carbocycles. The van der Waals surface area contributed by atoms with Crippen molar-refractivity contribution in [2.24, 2.45) is 0 Å². The molecule has 2 N–H and O–H groups in total. The molecule has 0 unspecified atom stereocenters. The Balaban J connectivity index is 2.04. The van der Waals surface area contributed by atoms with Gasteiger partial charge in [-0.1, -0.05) is 29.8 Å². The highest BCUT2D eigenvalue weighted by Crippen LogP contribution is 2.19. The molecule has 0 fully saturated rings. The smallest absolute Gasteiger partial charge is 0.148 e. The van der Waals surface area contributed by atoms with Crippen molar-refractivity contribution in [1.29, 1.82) is 0 Å². The zero-order valence-corrected chi connectivity index (χ0v) is 10.2. The molecule has 4 nitrogen and oxygen atoms in total. The van der Waals surface area contributed by atoms with Gasteiger partial charge in [0, 0.05) is 19.7 Å². The van der Waals surface area contributed by atoms with Gasteiger partial charge in [0.25, 0.3) is 0 Å². The third-order valence-electron chi connectivity index (χ3n) is 2.55. The summed E-state index contributed by atoms with van der Waals surface area (Å²) in [7, 11) is 1.68. The summed E-state index contributed by atoms with van der Waals surface area (Å²) in [6.45, 7) is 3.51. The minimum atomic E-state index is 0.673. The summed E-state index contributed by atoms with van der Waals surface area (Å²) < 4.78 is 4.97. The maximum absolute atomic E-state index is 4.97. The van der Waals surface area contributed by atoms with Crippen LogP contribution in [0.2, 0.25) is 0 Å². The molecule has 1 aromatic carbocycles. The molecule has 0 atom stereocenters. The van der Waals surface area contributed by atoms with E-state index in [-0.39, 0.29) is 0 Å². The van der Waals surface area contributed by atoms with Crippen LogP contribution in [0.1, 0.15) is 5.56 Å². The largest absolute Gasteiger partial charge is 0.383 e. The van der Waals surface area contributed by atoms with Crippen LogP contribution in [-0.4, -0.2) is 30.5 Å². The first kappa shape index (κ1) is 11.7. The predicted molar refractivity (Wildman–Crippen MR) is 69.1 cm³/mol. The Bertz CT molecular complexity index is 462. The second-order valence-corrected chi connectivity index (χ2v) is 3.95. The Morgan fingerprint density at radius 3 is 2.76 bits per heavy atom. The van der Waals surface area contributed by atoms with Crippen molar-refractivity contribution >= 4 is 5.82 Å². The van der Waals surface area contributed by atoms with Crippen molar-refractivity contribution in [3.63, 3.8) is 0 Å². The minimum absolute atomic E-state index is 0.673. The summed E-state index contributed by atoms with van der Waals surface area (Å²) >= 11 is 0. The molecule has 0 aliphatic heterocycles. The standard InChI is InChI=1S/C13H17N3O/c1-10-3-5-11(6-4-10)12-9-13(16-15-12)14-7-8-17-2/h3-6,9H,7-8H2,1-2H3,(H2,14,15,16). The molecule has 0 aliphatic carbocycles. The number of H-pyrrole nitrogens is 1. The number of aromatic nitrogens is 2. The maximum atomic E-state index is 4.97. The lowest BCUT2D eigenvalue weighted by Gasteiger charge is -1.99. The Kier molecular flexibility index (Phi) is 3.77. The second kappa shape index (κ2) is 5.50. The van der Waals surface area contributed by atoms with Crippen molar-refractivity contribution in [3.8, 4) is 11.3 Å². The van der Waals surface area contributed by atoms with E-state index in [9.17, 15) is 0 Å². The molecule has 2 aromatic rings. The topological polar surface area (TPSA) is 49.9 Å². The molecule has 2 rings (SSSR count). The first-order valence-corrected chi connectivity index (χ1v) is 5.65. The van der Waals surface area contributed by atoms with Gasteiger partial charge in [-0.3, -0.25) is 5.10 Å². The number of nitrogens with zero attached hydrogens (tertiary/aromatic N) is 1. The molecule has 0 aliphatic rings. The summed E-state index contributed by atoms with van der Waals surface area (Å²) in [5.41, 5.74) is 3.42. The Hall–Kier alpha value is -1.81. The van der Waals surface area contributed by atoms with Crippen molar-refractivity contribution in [2.45, 2.75) is 6.92 Å². The summed E-state index contributed by atoms with van der Waals surface area (Å²) in [5, 5.41) is 10.4. The van der Waals surface area contributed by atoms with E-state index in [0.29, 0.717) is 6.61 Å². The van der Waals surface area contributed by atoms with Crippen LogP contribution < -0.4 is 5.32 Å². The van der Waals surface area contributed by atoms with Crippen LogP contribution in [0.4, 0.5) is 5.82 Å². The van der Waals surface area contributed by atoms with Crippen LogP contribution in [-0.2, 0) is 4.74 Å². The average Bonchev–Trinajstić information content (AvgIpc) is 2.79. The van der Waals surface area contributed by atoms with Crippen LogP contribution in [0.15, 0.2) is 30.3 Å². The molecule has 0 amide bonds. The van der Waals surface area contributed by atoms with Gasteiger partial charge in [-0.05, 0) is 12.5 Å². The summed E-state index contributed by atoms with van der Waals surface area (Å²) in [4.78, 5) is 0. The predicted octanol–water partition coefficient (Wildman–Crippen LogP) is 2.44. The van der Waals surface area contributed by atoms with Crippen molar-refractivity contribution in [2.75, 3.05) is 25.6 Å². The number of anilines is 1. The van der Waals surface area contributed by atoms with E-state index in [1.165, 1.54) is 5.56 Å². The molecule has 90 valence electrons. The first-order valence-electron chi connectivity index (χ1n) is 5.65. The van der Waals surface area contributed by atoms with Gasteiger partial charge in [0.2, 0.25) is 0 Å². The van der Waals surface area contributed by atoms with Crippen LogP contribution in [0.3, 0.4) is 0 Å². The highest BCUT2D eigenvalue weighted by Gasteiger charge is 2.02. The van der Waals surface area contributed by atoms with E-state index in [0.717, 1.165) is 23.6 Å². The number of methoxy groups -OCH3 is 1. The molecule has 0 saturated heterocycles. The molecule has 4 heteroatoms. The van der Waals surface area contributed by atoms with E-state index in [4.69, 9.17) is 4.74 Å². The van der Waals surface area contributed by atoms with E-state index in [1.807, 2.05) is 6.07 Å². The molecule has 1 aromatic heterocycles. The second-order valence-electron chi connectivity index (χ2n) is 3.95. The summed E-state index contributed by atoms with van der Waals surface area (Å²) in [6, 6.07) is 10.4. The number of benzene rings is 1. The van der Waals surface area contributed by atoms with Crippen molar-refractivity contribution in [3.05, 3.63) is 35.9 Å². The van der Waals surface area contributed by atoms with E-state index in [2.05, 4.69) is 46.7 Å². The number of nitrogens with one attached hydrogen (secondary N) is 2. The Morgan fingerprint density at radius 2 is 2.06 bits per heavy atom. The highest BCUT2D eigenvalue weighted by atomic mass is 16.5. The lowest BCUT2D eigenvalue weighted by atomic mass is 10.1. The quantitative estimate of drug-likeness (QED) is 0.777. The SMILES string of the molecule is COCCNc1cc(-c2ccc(C)cc2)[nH]n1. The monoisotopic (exact) mass is 231 g/mol. The molecular formula is C13H17N3O. The number of aryl methyl sites for hydroxylation is 1. The lowest BCUT2D eigenvalue weighted by Crippen LogP contribution is -2.07. The van der Waals surface area contributed by atoms with E-state index in [1.54, 1.807) is 7.11 Å². The lowest BCUT2D eigenvalue weighted by molar-refractivity contribution is 0.210. The molecule has 17 heavy (non-hydrogen) atoms.